The summed E-state index contributed by atoms with van der Waals surface area (Å²) < 4.78 is 5.59. The van der Waals surface area contributed by atoms with Crippen LogP contribution in [0.2, 0.25) is 0 Å². The standard InChI is InChI=1S/C18H22N2O4/c1-11(21)13-7-8-16-15(9-13)20(18(23)12(2)24-16)10-17(22)19-14-5-3-4-6-14/h7-9,12,14H,3-6,10H2,1-2H3,(H,19,22)/t12-/m0/s1. The number of carbonyl (C=O) groups excluding carboxylic acids is 3. The summed E-state index contributed by atoms with van der Waals surface area (Å²) >= 11 is 0. The molecule has 1 heterocycles. The van der Waals surface area contributed by atoms with Gasteiger partial charge in [-0.2, -0.15) is 0 Å². The molecule has 0 bridgehead atoms. The van der Waals surface area contributed by atoms with Gasteiger partial charge in [-0.15, -0.1) is 0 Å². The predicted octanol–water partition coefficient (Wildman–Crippen LogP) is 2.06. The number of hydrogen-bond donors (Lipinski definition) is 1. The average Bonchev–Trinajstić information content (AvgIpc) is 3.04. The van der Waals surface area contributed by atoms with E-state index < -0.39 is 6.10 Å². The van der Waals surface area contributed by atoms with Gasteiger partial charge in [-0.25, -0.2) is 0 Å². The molecule has 0 aromatic heterocycles. The number of nitrogens with one attached hydrogen (secondary N) is 1. The molecular formula is C18H22N2O4. The lowest BCUT2D eigenvalue weighted by molar-refractivity contribution is -0.128. The highest BCUT2D eigenvalue weighted by Crippen LogP contribution is 2.35. The molecule has 128 valence electrons. The van der Waals surface area contributed by atoms with Crippen LogP contribution in [0.1, 0.15) is 49.9 Å². The van der Waals surface area contributed by atoms with Crippen LogP contribution in [0, 0.1) is 0 Å². The van der Waals surface area contributed by atoms with E-state index in [1.54, 1.807) is 25.1 Å². The predicted molar refractivity (Wildman–Crippen MR) is 89.3 cm³/mol. The molecule has 0 spiro atoms. The molecule has 0 saturated heterocycles. The Labute approximate surface area is 141 Å². The van der Waals surface area contributed by atoms with Gasteiger partial charge in [0, 0.05) is 11.6 Å². The van der Waals surface area contributed by atoms with Gasteiger partial charge in [0.25, 0.3) is 5.91 Å². The summed E-state index contributed by atoms with van der Waals surface area (Å²) in [7, 11) is 0. The number of benzene rings is 1. The first kappa shape index (κ1) is 16.5. The lowest BCUT2D eigenvalue weighted by atomic mass is 10.1. The van der Waals surface area contributed by atoms with E-state index in [0.29, 0.717) is 17.0 Å². The van der Waals surface area contributed by atoms with Crippen LogP contribution >= 0.6 is 0 Å². The van der Waals surface area contributed by atoms with Crippen molar-refractivity contribution in [3.63, 3.8) is 0 Å². The third kappa shape index (κ3) is 3.27. The largest absolute Gasteiger partial charge is 0.479 e. The minimum Gasteiger partial charge on any atom is -0.479 e. The lowest BCUT2D eigenvalue weighted by Crippen LogP contribution is -2.50. The van der Waals surface area contributed by atoms with Gasteiger partial charge in [0.2, 0.25) is 5.91 Å². The first-order valence-corrected chi connectivity index (χ1v) is 8.38. The zero-order chi connectivity index (χ0) is 17.3. The van der Waals surface area contributed by atoms with Crippen molar-refractivity contribution in [2.75, 3.05) is 11.4 Å². The maximum absolute atomic E-state index is 12.5. The normalized spacial score (nSPS) is 20.5. The van der Waals surface area contributed by atoms with Crippen molar-refractivity contribution >= 4 is 23.3 Å². The van der Waals surface area contributed by atoms with Crippen molar-refractivity contribution in [2.45, 2.75) is 51.7 Å². The van der Waals surface area contributed by atoms with Crippen LogP contribution < -0.4 is 15.0 Å². The Morgan fingerprint density at radius 2 is 2.00 bits per heavy atom. The number of Topliss-reactive ketones (excluding diaryl/α,β-unsaturated/α-hetero) is 1. The number of rotatable bonds is 4. The number of carbonyl (C=O) groups is 3. The Morgan fingerprint density at radius 3 is 2.67 bits per heavy atom. The summed E-state index contributed by atoms with van der Waals surface area (Å²) in [5.41, 5.74) is 0.966. The number of ketones is 1. The number of fused-ring (bicyclic) bond motifs is 1. The molecule has 1 saturated carbocycles. The van der Waals surface area contributed by atoms with Gasteiger partial charge in [-0.1, -0.05) is 12.8 Å². The van der Waals surface area contributed by atoms with E-state index in [4.69, 9.17) is 4.74 Å². The molecule has 1 N–H and O–H groups in total. The van der Waals surface area contributed by atoms with Crippen LogP contribution in [-0.4, -0.2) is 36.3 Å². The van der Waals surface area contributed by atoms with E-state index in [2.05, 4.69) is 5.32 Å². The van der Waals surface area contributed by atoms with Crippen molar-refractivity contribution in [3.8, 4) is 5.75 Å². The molecule has 6 nitrogen and oxygen atoms in total. The first-order valence-electron chi connectivity index (χ1n) is 8.38. The molecule has 6 heteroatoms. The third-order valence-electron chi connectivity index (χ3n) is 4.60. The second kappa shape index (κ2) is 6.63. The van der Waals surface area contributed by atoms with E-state index >= 15 is 0 Å². The number of amides is 2. The third-order valence-corrected chi connectivity index (χ3v) is 4.60. The highest BCUT2D eigenvalue weighted by Gasteiger charge is 2.33. The Bertz CT molecular complexity index is 680. The Morgan fingerprint density at radius 1 is 1.29 bits per heavy atom. The van der Waals surface area contributed by atoms with Gasteiger partial charge >= 0.3 is 0 Å². The van der Waals surface area contributed by atoms with Crippen molar-refractivity contribution in [1.82, 2.24) is 5.32 Å². The fourth-order valence-electron chi connectivity index (χ4n) is 3.28. The van der Waals surface area contributed by atoms with Crippen molar-refractivity contribution in [3.05, 3.63) is 23.8 Å². The summed E-state index contributed by atoms with van der Waals surface area (Å²) in [4.78, 5) is 37.8. The molecule has 2 aliphatic rings. The molecular weight excluding hydrogens is 308 g/mol. The van der Waals surface area contributed by atoms with E-state index in [9.17, 15) is 14.4 Å². The number of hydrogen-bond acceptors (Lipinski definition) is 4. The molecule has 24 heavy (non-hydrogen) atoms. The molecule has 1 atom stereocenters. The van der Waals surface area contributed by atoms with E-state index in [0.717, 1.165) is 25.7 Å². The van der Waals surface area contributed by atoms with Crippen LogP contribution in [-0.2, 0) is 9.59 Å². The Balaban J connectivity index is 1.83. The highest BCUT2D eigenvalue weighted by molar-refractivity contribution is 6.05. The zero-order valence-electron chi connectivity index (χ0n) is 14.0. The smallest absolute Gasteiger partial charge is 0.268 e. The maximum Gasteiger partial charge on any atom is 0.268 e. The topological polar surface area (TPSA) is 75.7 Å². The minimum atomic E-state index is -0.653. The monoisotopic (exact) mass is 330 g/mol. The molecule has 1 aliphatic heterocycles. The summed E-state index contributed by atoms with van der Waals surface area (Å²) in [6, 6.07) is 5.16. The first-order chi connectivity index (χ1) is 11.5. The summed E-state index contributed by atoms with van der Waals surface area (Å²) in [6.07, 6.45) is 3.58. The second-order valence-corrected chi connectivity index (χ2v) is 6.47. The molecule has 3 rings (SSSR count). The van der Waals surface area contributed by atoms with Crippen LogP contribution in [0.25, 0.3) is 0 Å². The van der Waals surface area contributed by atoms with Crippen LogP contribution in [0.15, 0.2) is 18.2 Å². The van der Waals surface area contributed by atoms with Crippen LogP contribution in [0.4, 0.5) is 5.69 Å². The van der Waals surface area contributed by atoms with E-state index in [1.807, 2.05) is 0 Å². The molecule has 1 fully saturated rings. The molecule has 1 aliphatic carbocycles. The molecule has 2 amide bonds. The van der Waals surface area contributed by atoms with Gasteiger partial charge < -0.3 is 10.1 Å². The summed E-state index contributed by atoms with van der Waals surface area (Å²) in [5.74, 6) is -0.0340. The van der Waals surface area contributed by atoms with Crippen LogP contribution in [0.5, 0.6) is 5.75 Å². The van der Waals surface area contributed by atoms with Crippen molar-refractivity contribution in [2.24, 2.45) is 0 Å². The summed E-state index contributed by atoms with van der Waals surface area (Å²) in [6.45, 7) is 3.07. The van der Waals surface area contributed by atoms with Gasteiger partial charge in [-0.05, 0) is 44.9 Å². The zero-order valence-corrected chi connectivity index (χ0v) is 14.0. The average molecular weight is 330 g/mol. The molecule has 0 radical (unpaired) electrons. The minimum absolute atomic E-state index is 0.0581. The quantitative estimate of drug-likeness (QED) is 0.858. The number of anilines is 1. The van der Waals surface area contributed by atoms with Crippen molar-refractivity contribution in [1.29, 1.82) is 0 Å². The number of ether oxygens (including phenoxy) is 1. The lowest BCUT2D eigenvalue weighted by Gasteiger charge is -2.33. The van der Waals surface area contributed by atoms with Crippen molar-refractivity contribution < 1.29 is 19.1 Å². The highest BCUT2D eigenvalue weighted by atomic mass is 16.5. The second-order valence-electron chi connectivity index (χ2n) is 6.47. The number of nitrogens with zero attached hydrogens (tertiary/aromatic N) is 1. The Kier molecular flexibility index (Phi) is 4.55. The van der Waals surface area contributed by atoms with E-state index in [-0.39, 0.29) is 30.2 Å². The van der Waals surface area contributed by atoms with Gasteiger partial charge in [-0.3, -0.25) is 19.3 Å². The fraction of sp³-hybridized carbons (Fsp3) is 0.500. The van der Waals surface area contributed by atoms with E-state index in [1.165, 1.54) is 11.8 Å². The maximum atomic E-state index is 12.5. The van der Waals surface area contributed by atoms with Crippen LogP contribution in [0.3, 0.4) is 0 Å². The molecule has 1 aromatic rings. The Hall–Kier alpha value is -2.37. The SMILES string of the molecule is CC(=O)c1ccc2c(c1)N(CC(=O)NC1CCCC1)C(=O)[C@H](C)O2. The fourth-order valence-corrected chi connectivity index (χ4v) is 3.28. The van der Waals surface area contributed by atoms with Gasteiger partial charge in [0.15, 0.2) is 11.9 Å². The van der Waals surface area contributed by atoms with Gasteiger partial charge in [0.1, 0.15) is 12.3 Å². The van der Waals surface area contributed by atoms with Gasteiger partial charge in [0.05, 0.1) is 5.69 Å². The molecule has 1 aromatic carbocycles. The molecule has 0 unspecified atom stereocenters. The summed E-state index contributed by atoms with van der Waals surface area (Å²) in [5, 5.41) is 2.99.